The van der Waals surface area contributed by atoms with Crippen molar-refractivity contribution in [3.63, 3.8) is 0 Å². The molecular formula is C25H31NO7. The summed E-state index contributed by atoms with van der Waals surface area (Å²) in [6.45, 7) is 6.07. The van der Waals surface area contributed by atoms with E-state index >= 15 is 0 Å². The third-order valence-corrected chi connectivity index (χ3v) is 4.78. The monoisotopic (exact) mass is 457 g/mol. The molecule has 1 fully saturated rings. The van der Waals surface area contributed by atoms with Gasteiger partial charge in [-0.3, -0.25) is 0 Å². The Bertz CT molecular complexity index is 901. The van der Waals surface area contributed by atoms with Gasteiger partial charge in [0.15, 0.2) is 6.29 Å². The van der Waals surface area contributed by atoms with Crippen molar-refractivity contribution in [3.05, 3.63) is 65.7 Å². The number of alkyl carbamates (subject to hydrolysis) is 1. The zero-order valence-corrected chi connectivity index (χ0v) is 19.4. The van der Waals surface area contributed by atoms with Gasteiger partial charge in [0.25, 0.3) is 0 Å². The summed E-state index contributed by atoms with van der Waals surface area (Å²) in [5.41, 5.74) is 1.13. The van der Waals surface area contributed by atoms with Crippen LogP contribution in [0.1, 0.15) is 38.2 Å². The molecule has 1 saturated heterocycles. The van der Waals surface area contributed by atoms with Crippen LogP contribution in [0.2, 0.25) is 0 Å². The maximum absolute atomic E-state index is 12.1. The van der Waals surface area contributed by atoms with Crippen LogP contribution in [-0.4, -0.2) is 50.1 Å². The number of carbonyl (C=O) groups excluding carboxylic acids is 2. The molecule has 8 nitrogen and oxygen atoms in total. The van der Waals surface area contributed by atoms with E-state index in [1.54, 1.807) is 32.9 Å². The summed E-state index contributed by atoms with van der Waals surface area (Å²) in [5, 5.41) is 2.57. The Hall–Kier alpha value is -3.10. The number of carbonyl (C=O) groups is 2. The van der Waals surface area contributed by atoms with E-state index < -0.39 is 23.7 Å². The highest BCUT2D eigenvalue weighted by atomic mass is 16.7. The van der Waals surface area contributed by atoms with E-state index in [9.17, 15) is 9.59 Å². The van der Waals surface area contributed by atoms with Crippen molar-refractivity contribution in [1.82, 2.24) is 5.32 Å². The van der Waals surface area contributed by atoms with Gasteiger partial charge in [0.05, 0.1) is 20.3 Å². The molecule has 178 valence electrons. The van der Waals surface area contributed by atoms with Crippen molar-refractivity contribution in [2.24, 2.45) is 0 Å². The van der Waals surface area contributed by atoms with Gasteiger partial charge < -0.3 is 29.0 Å². The quantitative estimate of drug-likeness (QED) is 0.633. The Kier molecular flexibility index (Phi) is 8.30. The first-order valence-electron chi connectivity index (χ1n) is 10.8. The molecule has 0 spiro atoms. The minimum atomic E-state index is -0.869. The first kappa shape index (κ1) is 24.5. The van der Waals surface area contributed by atoms with E-state index in [1.165, 1.54) is 7.11 Å². The predicted octanol–water partition coefficient (Wildman–Crippen LogP) is 3.79. The van der Waals surface area contributed by atoms with Crippen LogP contribution in [0.15, 0.2) is 54.6 Å². The number of methoxy groups -OCH3 is 1. The van der Waals surface area contributed by atoms with Gasteiger partial charge in [-0.15, -0.1) is 0 Å². The maximum atomic E-state index is 12.1. The van der Waals surface area contributed by atoms with Crippen LogP contribution in [-0.2, 0) is 30.2 Å². The average Bonchev–Trinajstić information content (AvgIpc) is 2.79. The van der Waals surface area contributed by atoms with E-state index in [1.807, 2.05) is 42.5 Å². The van der Waals surface area contributed by atoms with Gasteiger partial charge in [0.1, 0.15) is 23.5 Å². The Morgan fingerprint density at radius 3 is 2.24 bits per heavy atom. The zero-order valence-electron chi connectivity index (χ0n) is 19.4. The lowest BCUT2D eigenvalue weighted by atomic mass is 10.1. The van der Waals surface area contributed by atoms with Crippen LogP contribution in [0, 0.1) is 0 Å². The number of rotatable bonds is 7. The lowest BCUT2D eigenvalue weighted by Crippen LogP contribution is -2.45. The second kappa shape index (κ2) is 11.2. The number of hydrogen-bond donors (Lipinski definition) is 1. The molecule has 2 aromatic rings. The van der Waals surface area contributed by atoms with E-state index in [-0.39, 0.29) is 18.8 Å². The molecular weight excluding hydrogens is 426 g/mol. The zero-order chi connectivity index (χ0) is 23.8. The SMILES string of the molecule is COC(=O)C(Cc1ccc(OC2COC(c3ccccc3)OC2)cc1)NC(=O)OC(C)(C)C. The van der Waals surface area contributed by atoms with Crippen LogP contribution in [0.3, 0.4) is 0 Å². The van der Waals surface area contributed by atoms with Gasteiger partial charge in [0.2, 0.25) is 0 Å². The minimum Gasteiger partial charge on any atom is -0.486 e. The van der Waals surface area contributed by atoms with Crippen molar-refractivity contribution in [1.29, 1.82) is 0 Å². The molecule has 0 radical (unpaired) electrons. The van der Waals surface area contributed by atoms with Crippen molar-refractivity contribution >= 4 is 12.1 Å². The topological polar surface area (TPSA) is 92.3 Å². The molecule has 0 bridgehead atoms. The third kappa shape index (κ3) is 7.76. The van der Waals surface area contributed by atoms with Gasteiger partial charge >= 0.3 is 12.1 Å². The molecule has 33 heavy (non-hydrogen) atoms. The molecule has 1 unspecified atom stereocenters. The number of benzene rings is 2. The Morgan fingerprint density at radius 2 is 1.67 bits per heavy atom. The highest BCUT2D eigenvalue weighted by Gasteiger charge is 2.26. The summed E-state index contributed by atoms with van der Waals surface area (Å²) in [7, 11) is 1.28. The molecule has 1 atom stereocenters. The number of esters is 1. The Balaban J connectivity index is 1.52. The number of nitrogens with one attached hydrogen (secondary N) is 1. The smallest absolute Gasteiger partial charge is 0.408 e. The van der Waals surface area contributed by atoms with Crippen LogP contribution in [0.4, 0.5) is 4.79 Å². The Labute approximate surface area is 194 Å². The van der Waals surface area contributed by atoms with E-state index in [0.29, 0.717) is 19.0 Å². The third-order valence-electron chi connectivity index (χ3n) is 4.78. The molecule has 1 aliphatic rings. The van der Waals surface area contributed by atoms with Gasteiger partial charge in [-0.2, -0.15) is 0 Å². The molecule has 1 heterocycles. The van der Waals surface area contributed by atoms with E-state index in [2.05, 4.69) is 5.32 Å². The lowest BCUT2D eigenvalue weighted by Gasteiger charge is -2.30. The summed E-state index contributed by atoms with van der Waals surface area (Å²) >= 11 is 0. The molecule has 1 amide bonds. The largest absolute Gasteiger partial charge is 0.486 e. The fourth-order valence-electron chi connectivity index (χ4n) is 3.27. The second-order valence-electron chi connectivity index (χ2n) is 8.72. The minimum absolute atomic E-state index is 0.229. The molecule has 1 aliphatic heterocycles. The first-order chi connectivity index (χ1) is 15.7. The first-order valence-corrected chi connectivity index (χ1v) is 10.8. The maximum Gasteiger partial charge on any atom is 0.408 e. The van der Waals surface area contributed by atoms with Gasteiger partial charge in [-0.1, -0.05) is 42.5 Å². The summed E-state index contributed by atoms with van der Waals surface area (Å²) < 4.78 is 27.6. The number of hydrogen-bond acceptors (Lipinski definition) is 7. The van der Waals surface area contributed by atoms with Gasteiger partial charge in [-0.25, -0.2) is 9.59 Å². The molecule has 3 rings (SSSR count). The van der Waals surface area contributed by atoms with E-state index in [0.717, 1.165) is 11.1 Å². The van der Waals surface area contributed by atoms with E-state index in [4.69, 9.17) is 23.7 Å². The van der Waals surface area contributed by atoms with Crippen LogP contribution in [0.5, 0.6) is 5.75 Å². The van der Waals surface area contributed by atoms with Crippen molar-refractivity contribution < 1.29 is 33.3 Å². The van der Waals surface area contributed by atoms with Crippen molar-refractivity contribution in [2.75, 3.05) is 20.3 Å². The summed E-state index contributed by atoms with van der Waals surface area (Å²) in [6.07, 6.45) is -1.04. The van der Waals surface area contributed by atoms with Crippen molar-refractivity contribution in [2.45, 2.75) is 51.2 Å². The van der Waals surface area contributed by atoms with Crippen LogP contribution < -0.4 is 10.1 Å². The predicted molar refractivity (Wildman–Crippen MR) is 121 cm³/mol. The highest BCUT2D eigenvalue weighted by molar-refractivity contribution is 5.81. The fourth-order valence-corrected chi connectivity index (χ4v) is 3.27. The second-order valence-corrected chi connectivity index (χ2v) is 8.72. The average molecular weight is 458 g/mol. The Morgan fingerprint density at radius 1 is 1.03 bits per heavy atom. The molecule has 8 heteroatoms. The molecule has 2 aromatic carbocycles. The fraction of sp³-hybridized carbons (Fsp3) is 0.440. The molecule has 0 aliphatic carbocycles. The summed E-state index contributed by atoms with van der Waals surface area (Å²) in [5.74, 6) is 0.106. The normalized spacial score (nSPS) is 19.3. The number of amides is 1. The van der Waals surface area contributed by atoms with Crippen LogP contribution in [0.25, 0.3) is 0 Å². The highest BCUT2D eigenvalue weighted by Crippen LogP contribution is 2.25. The van der Waals surface area contributed by atoms with Gasteiger partial charge in [0, 0.05) is 12.0 Å². The summed E-state index contributed by atoms with van der Waals surface area (Å²) in [6, 6.07) is 16.2. The lowest BCUT2D eigenvalue weighted by molar-refractivity contribution is -0.215. The van der Waals surface area contributed by atoms with Gasteiger partial charge in [-0.05, 0) is 38.5 Å². The number of ether oxygens (including phenoxy) is 5. The molecule has 0 saturated carbocycles. The molecule has 1 N–H and O–H groups in total. The molecule has 0 aromatic heterocycles. The standard InChI is InChI=1S/C25H31NO7/c1-25(2,3)33-24(28)26-21(22(27)29-4)14-17-10-12-19(13-11-17)32-20-15-30-23(31-16-20)18-8-6-5-7-9-18/h5-13,20-21,23H,14-16H2,1-4H3,(H,26,28). The summed E-state index contributed by atoms with van der Waals surface area (Å²) in [4.78, 5) is 24.2. The van der Waals surface area contributed by atoms with Crippen LogP contribution >= 0.6 is 0 Å². The van der Waals surface area contributed by atoms with Crippen molar-refractivity contribution in [3.8, 4) is 5.75 Å².